The van der Waals surface area contributed by atoms with Gasteiger partial charge in [0.25, 0.3) is 0 Å². The minimum absolute atomic E-state index is 0.451. The highest BCUT2D eigenvalue weighted by atomic mass is 15.2. The Hall–Kier alpha value is -0.860. The first-order valence-corrected chi connectivity index (χ1v) is 6.23. The minimum Gasteiger partial charge on any atom is -0.271 e. The SMILES string of the molecule is CC(C)CC(NN)C1Cc2ccccc2C1. The summed E-state index contributed by atoms with van der Waals surface area (Å²) in [6, 6.07) is 9.21. The molecule has 0 aromatic heterocycles. The maximum Gasteiger partial charge on any atom is 0.0247 e. The van der Waals surface area contributed by atoms with E-state index in [1.165, 1.54) is 24.0 Å². The molecule has 1 aromatic rings. The highest BCUT2D eigenvalue weighted by Crippen LogP contribution is 2.30. The molecular formula is C14H22N2. The lowest BCUT2D eigenvalue weighted by molar-refractivity contribution is 0.316. The smallest absolute Gasteiger partial charge is 0.0247 e. The fourth-order valence-corrected chi connectivity index (χ4v) is 2.78. The lowest BCUT2D eigenvalue weighted by Gasteiger charge is -2.24. The molecule has 2 heteroatoms. The van der Waals surface area contributed by atoms with Crippen LogP contribution in [0.15, 0.2) is 24.3 Å². The average molecular weight is 218 g/mol. The van der Waals surface area contributed by atoms with Crippen molar-refractivity contribution < 1.29 is 0 Å². The summed E-state index contributed by atoms with van der Waals surface area (Å²) in [6.45, 7) is 4.51. The van der Waals surface area contributed by atoms with Crippen molar-refractivity contribution in [3.05, 3.63) is 35.4 Å². The molecule has 0 amide bonds. The summed E-state index contributed by atoms with van der Waals surface area (Å²) in [5.74, 6) is 7.06. The molecule has 0 bridgehead atoms. The number of nitrogens with two attached hydrogens (primary N) is 1. The molecule has 1 aliphatic rings. The van der Waals surface area contributed by atoms with Crippen molar-refractivity contribution in [1.29, 1.82) is 0 Å². The molecule has 0 aliphatic heterocycles. The van der Waals surface area contributed by atoms with Crippen LogP contribution in [-0.2, 0) is 12.8 Å². The molecule has 0 saturated heterocycles. The Kier molecular flexibility index (Phi) is 3.62. The maximum atomic E-state index is 5.69. The van der Waals surface area contributed by atoms with Gasteiger partial charge in [-0.3, -0.25) is 11.3 Å². The van der Waals surface area contributed by atoms with Crippen LogP contribution in [0.4, 0.5) is 0 Å². The molecule has 0 fully saturated rings. The van der Waals surface area contributed by atoms with E-state index >= 15 is 0 Å². The van der Waals surface area contributed by atoms with Gasteiger partial charge in [-0.1, -0.05) is 38.1 Å². The first-order chi connectivity index (χ1) is 7.70. The summed E-state index contributed by atoms with van der Waals surface area (Å²) in [7, 11) is 0. The van der Waals surface area contributed by atoms with Crippen LogP contribution in [0.5, 0.6) is 0 Å². The third-order valence-electron chi connectivity index (χ3n) is 3.59. The Morgan fingerprint density at radius 2 is 1.81 bits per heavy atom. The maximum absolute atomic E-state index is 5.69. The van der Waals surface area contributed by atoms with Gasteiger partial charge in [-0.15, -0.1) is 0 Å². The molecule has 0 radical (unpaired) electrons. The van der Waals surface area contributed by atoms with Gasteiger partial charge in [-0.25, -0.2) is 0 Å². The molecule has 0 saturated carbocycles. The van der Waals surface area contributed by atoms with E-state index in [2.05, 4.69) is 43.5 Å². The van der Waals surface area contributed by atoms with E-state index in [1.54, 1.807) is 0 Å². The summed E-state index contributed by atoms with van der Waals surface area (Å²) in [5.41, 5.74) is 6.03. The van der Waals surface area contributed by atoms with Gasteiger partial charge in [0.15, 0.2) is 0 Å². The van der Waals surface area contributed by atoms with Gasteiger partial charge in [0, 0.05) is 6.04 Å². The van der Waals surface area contributed by atoms with Gasteiger partial charge in [0.2, 0.25) is 0 Å². The zero-order valence-electron chi connectivity index (χ0n) is 10.2. The van der Waals surface area contributed by atoms with E-state index in [0.717, 1.165) is 6.42 Å². The predicted molar refractivity (Wildman–Crippen MR) is 67.9 cm³/mol. The highest BCUT2D eigenvalue weighted by Gasteiger charge is 2.28. The van der Waals surface area contributed by atoms with E-state index < -0.39 is 0 Å². The number of benzene rings is 1. The molecule has 3 N–H and O–H groups in total. The summed E-state index contributed by atoms with van der Waals surface area (Å²) < 4.78 is 0. The number of nitrogens with one attached hydrogen (secondary N) is 1. The zero-order valence-corrected chi connectivity index (χ0v) is 10.2. The normalized spacial score (nSPS) is 17.8. The molecule has 2 rings (SSSR count). The van der Waals surface area contributed by atoms with Crippen molar-refractivity contribution >= 4 is 0 Å². The first kappa shape index (κ1) is 11.6. The molecule has 1 aliphatic carbocycles. The molecule has 1 aromatic carbocycles. The summed E-state index contributed by atoms with van der Waals surface area (Å²) >= 11 is 0. The zero-order chi connectivity index (χ0) is 11.5. The van der Waals surface area contributed by atoms with Crippen molar-refractivity contribution in [3.8, 4) is 0 Å². The van der Waals surface area contributed by atoms with Crippen molar-refractivity contribution in [2.45, 2.75) is 39.2 Å². The average Bonchev–Trinajstić information content (AvgIpc) is 2.68. The quantitative estimate of drug-likeness (QED) is 0.601. The van der Waals surface area contributed by atoms with Crippen LogP contribution < -0.4 is 11.3 Å². The largest absolute Gasteiger partial charge is 0.271 e. The standard InChI is InChI=1S/C14H22N2/c1-10(2)7-14(16-15)13-8-11-5-3-4-6-12(11)9-13/h3-6,10,13-14,16H,7-9,15H2,1-2H3. The number of rotatable bonds is 4. The van der Waals surface area contributed by atoms with Gasteiger partial charge < -0.3 is 0 Å². The summed E-state index contributed by atoms with van der Waals surface area (Å²) in [5, 5.41) is 0. The van der Waals surface area contributed by atoms with Crippen LogP contribution in [0.3, 0.4) is 0 Å². The highest BCUT2D eigenvalue weighted by molar-refractivity contribution is 5.32. The van der Waals surface area contributed by atoms with E-state index in [1.807, 2.05) is 0 Å². The Morgan fingerprint density at radius 1 is 1.25 bits per heavy atom. The Balaban J connectivity index is 2.04. The summed E-state index contributed by atoms with van der Waals surface area (Å²) in [6.07, 6.45) is 3.52. The number of hydrogen-bond donors (Lipinski definition) is 2. The number of hydrogen-bond acceptors (Lipinski definition) is 2. The van der Waals surface area contributed by atoms with Gasteiger partial charge >= 0.3 is 0 Å². The second kappa shape index (κ2) is 4.98. The van der Waals surface area contributed by atoms with Crippen LogP contribution in [0.25, 0.3) is 0 Å². The van der Waals surface area contributed by atoms with Crippen molar-refractivity contribution in [2.24, 2.45) is 17.7 Å². The third kappa shape index (κ3) is 2.45. The lowest BCUT2D eigenvalue weighted by Crippen LogP contribution is -2.42. The van der Waals surface area contributed by atoms with E-state index in [0.29, 0.717) is 17.9 Å². The van der Waals surface area contributed by atoms with Gasteiger partial charge in [-0.05, 0) is 42.2 Å². The van der Waals surface area contributed by atoms with Crippen LogP contribution in [-0.4, -0.2) is 6.04 Å². The van der Waals surface area contributed by atoms with Gasteiger partial charge in [-0.2, -0.15) is 0 Å². The van der Waals surface area contributed by atoms with Crippen molar-refractivity contribution in [2.75, 3.05) is 0 Å². The van der Waals surface area contributed by atoms with Crippen LogP contribution in [0.2, 0.25) is 0 Å². The van der Waals surface area contributed by atoms with Crippen molar-refractivity contribution in [3.63, 3.8) is 0 Å². The summed E-state index contributed by atoms with van der Waals surface area (Å²) in [4.78, 5) is 0. The van der Waals surface area contributed by atoms with E-state index in [4.69, 9.17) is 5.84 Å². The van der Waals surface area contributed by atoms with Gasteiger partial charge in [0.1, 0.15) is 0 Å². The second-order valence-corrected chi connectivity index (χ2v) is 5.34. The van der Waals surface area contributed by atoms with Crippen LogP contribution >= 0.6 is 0 Å². The van der Waals surface area contributed by atoms with E-state index in [9.17, 15) is 0 Å². The number of fused-ring (bicyclic) bond motifs is 1. The fourth-order valence-electron chi connectivity index (χ4n) is 2.78. The molecule has 0 spiro atoms. The Bertz CT molecular complexity index is 321. The molecule has 88 valence electrons. The molecular weight excluding hydrogens is 196 g/mol. The van der Waals surface area contributed by atoms with Crippen molar-refractivity contribution in [1.82, 2.24) is 5.43 Å². The minimum atomic E-state index is 0.451. The second-order valence-electron chi connectivity index (χ2n) is 5.34. The van der Waals surface area contributed by atoms with Crippen LogP contribution in [0.1, 0.15) is 31.4 Å². The van der Waals surface area contributed by atoms with Gasteiger partial charge in [0.05, 0.1) is 0 Å². The number of hydrazine groups is 1. The predicted octanol–water partition coefficient (Wildman–Crippen LogP) is 2.28. The first-order valence-electron chi connectivity index (χ1n) is 6.23. The monoisotopic (exact) mass is 218 g/mol. The molecule has 2 nitrogen and oxygen atoms in total. The topological polar surface area (TPSA) is 38.0 Å². The van der Waals surface area contributed by atoms with Crippen LogP contribution in [0, 0.1) is 11.8 Å². The lowest BCUT2D eigenvalue weighted by atomic mass is 9.90. The molecule has 1 atom stereocenters. The molecule has 16 heavy (non-hydrogen) atoms. The van der Waals surface area contributed by atoms with E-state index in [-0.39, 0.29) is 0 Å². The third-order valence-corrected chi connectivity index (χ3v) is 3.59. The molecule has 0 heterocycles. The fraction of sp³-hybridized carbons (Fsp3) is 0.571. The molecule has 1 unspecified atom stereocenters. The Labute approximate surface area is 98.2 Å². The Morgan fingerprint density at radius 3 is 2.25 bits per heavy atom.